The van der Waals surface area contributed by atoms with E-state index < -0.39 is 0 Å². The summed E-state index contributed by atoms with van der Waals surface area (Å²) in [4.78, 5) is 3.15. The summed E-state index contributed by atoms with van der Waals surface area (Å²) in [6.45, 7) is 0.488. The summed E-state index contributed by atoms with van der Waals surface area (Å²) in [6, 6.07) is 13.2. The Bertz CT molecular complexity index is 701. The van der Waals surface area contributed by atoms with Crippen LogP contribution in [-0.2, 0) is 6.54 Å². The molecule has 4 heteroatoms. The molecule has 0 fully saturated rings. The van der Waals surface area contributed by atoms with Gasteiger partial charge in [-0.25, -0.2) is 0 Å². The Labute approximate surface area is 115 Å². The number of aromatic hydroxyl groups is 1. The SMILES string of the molecule is Oc1cccc(Cl)c1CNc1ccc2[nH]ccc2c1. The van der Waals surface area contributed by atoms with Crippen molar-refractivity contribution in [3.05, 3.63) is 59.2 Å². The molecule has 0 spiro atoms. The molecule has 0 saturated carbocycles. The van der Waals surface area contributed by atoms with Gasteiger partial charge >= 0.3 is 0 Å². The van der Waals surface area contributed by atoms with Crippen LogP contribution in [0.15, 0.2) is 48.7 Å². The van der Waals surface area contributed by atoms with E-state index in [0.717, 1.165) is 16.6 Å². The fourth-order valence-electron chi connectivity index (χ4n) is 2.08. The molecule has 19 heavy (non-hydrogen) atoms. The average molecular weight is 273 g/mol. The Morgan fingerprint density at radius 1 is 1.16 bits per heavy atom. The van der Waals surface area contributed by atoms with Gasteiger partial charge in [0.05, 0.1) is 0 Å². The van der Waals surface area contributed by atoms with E-state index >= 15 is 0 Å². The zero-order valence-corrected chi connectivity index (χ0v) is 10.9. The third-order valence-corrected chi connectivity index (χ3v) is 3.47. The smallest absolute Gasteiger partial charge is 0.122 e. The number of hydrogen-bond acceptors (Lipinski definition) is 2. The van der Waals surface area contributed by atoms with Crippen LogP contribution >= 0.6 is 11.6 Å². The average Bonchev–Trinajstić information content (AvgIpc) is 2.85. The minimum Gasteiger partial charge on any atom is -0.508 e. The van der Waals surface area contributed by atoms with E-state index in [0.29, 0.717) is 17.1 Å². The summed E-state index contributed by atoms with van der Waals surface area (Å²) in [7, 11) is 0. The monoisotopic (exact) mass is 272 g/mol. The topological polar surface area (TPSA) is 48.0 Å². The first-order valence-electron chi connectivity index (χ1n) is 6.01. The van der Waals surface area contributed by atoms with Gasteiger partial charge in [0.1, 0.15) is 5.75 Å². The van der Waals surface area contributed by atoms with Crippen LogP contribution in [0.1, 0.15) is 5.56 Å². The summed E-state index contributed by atoms with van der Waals surface area (Å²) < 4.78 is 0. The Kier molecular flexibility index (Phi) is 3.05. The van der Waals surface area contributed by atoms with E-state index in [2.05, 4.69) is 16.4 Å². The summed E-state index contributed by atoms with van der Waals surface area (Å²) in [5.74, 6) is 0.211. The van der Waals surface area contributed by atoms with Crippen LogP contribution in [-0.4, -0.2) is 10.1 Å². The lowest BCUT2D eigenvalue weighted by Gasteiger charge is -2.10. The fraction of sp³-hybridized carbons (Fsp3) is 0.0667. The molecular weight excluding hydrogens is 260 g/mol. The standard InChI is InChI=1S/C15H13ClN2O/c16-13-2-1-3-15(19)12(13)9-18-11-4-5-14-10(8-11)6-7-17-14/h1-8,17-19H,9H2. The molecule has 3 aromatic rings. The van der Waals surface area contributed by atoms with Gasteiger partial charge in [-0.3, -0.25) is 0 Å². The zero-order valence-electron chi connectivity index (χ0n) is 10.2. The number of rotatable bonds is 3. The molecule has 0 aliphatic heterocycles. The molecule has 0 unspecified atom stereocenters. The highest BCUT2D eigenvalue weighted by Gasteiger charge is 2.05. The van der Waals surface area contributed by atoms with Crippen LogP contribution in [0.3, 0.4) is 0 Å². The number of phenols is 1. The molecule has 1 heterocycles. The highest BCUT2D eigenvalue weighted by atomic mass is 35.5. The third kappa shape index (κ3) is 2.37. The van der Waals surface area contributed by atoms with E-state index in [1.165, 1.54) is 0 Å². The van der Waals surface area contributed by atoms with Gasteiger partial charge in [-0.15, -0.1) is 0 Å². The van der Waals surface area contributed by atoms with Gasteiger partial charge in [0.25, 0.3) is 0 Å². The predicted octanol–water partition coefficient (Wildman–Crippen LogP) is 4.14. The van der Waals surface area contributed by atoms with E-state index in [4.69, 9.17) is 11.6 Å². The number of hydrogen-bond donors (Lipinski definition) is 3. The lowest BCUT2D eigenvalue weighted by Crippen LogP contribution is -2.00. The predicted molar refractivity (Wildman–Crippen MR) is 78.7 cm³/mol. The molecule has 0 radical (unpaired) electrons. The van der Waals surface area contributed by atoms with Gasteiger partial charge < -0.3 is 15.4 Å². The van der Waals surface area contributed by atoms with Gasteiger partial charge in [-0.1, -0.05) is 17.7 Å². The summed E-state index contributed by atoms with van der Waals surface area (Å²) in [5.41, 5.74) is 2.80. The minimum atomic E-state index is 0.211. The van der Waals surface area contributed by atoms with Crippen molar-refractivity contribution in [2.75, 3.05) is 5.32 Å². The van der Waals surface area contributed by atoms with Crippen LogP contribution in [0, 0.1) is 0 Å². The number of benzene rings is 2. The molecule has 0 amide bonds. The second-order valence-electron chi connectivity index (χ2n) is 4.37. The zero-order chi connectivity index (χ0) is 13.2. The first kappa shape index (κ1) is 11.9. The normalized spacial score (nSPS) is 10.8. The molecule has 0 aliphatic rings. The van der Waals surface area contributed by atoms with E-state index in [9.17, 15) is 5.11 Å². The van der Waals surface area contributed by atoms with Crippen molar-refractivity contribution in [1.29, 1.82) is 0 Å². The number of phenolic OH excluding ortho intramolecular Hbond substituents is 1. The summed E-state index contributed by atoms with van der Waals surface area (Å²) in [6.07, 6.45) is 1.91. The van der Waals surface area contributed by atoms with Gasteiger partial charge in [-0.05, 0) is 36.4 Å². The van der Waals surface area contributed by atoms with Crippen molar-refractivity contribution in [2.45, 2.75) is 6.54 Å². The molecule has 1 aromatic heterocycles. The van der Waals surface area contributed by atoms with Crippen molar-refractivity contribution in [3.8, 4) is 5.75 Å². The van der Waals surface area contributed by atoms with Crippen molar-refractivity contribution >= 4 is 28.2 Å². The highest BCUT2D eigenvalue weighted by Crippen LogP contribution is 2.26. The Morgan fingerprint density at radius 2 is 2.05 bits per heavy atom. The molecule has 3 rings (SSSR count). The van der Waals surface area contributed by atoms with Gasteiger partial charge in [0.2, 0.25) is 0 Å². The molecule has 0 bridgehead atoms. The van der Waals surface area contributed by atoms with E-state index in [1.54, 1.807) is 18.2 Å². The molecule has 0 aliphatic carbocycles. The number of H-pyrrole nitrogens is 1. The van der Waals surface area contributed by atoms with E-state index in [1.807, 2.05) is 24.4 Å². The lowest BCUT2D eigenvalue weighted by atomic mass is 10.2. The van der Waals surface area contributed by atoms with Gasteiger partial charge in [0, 0.05) is 39.9 Å². The Balaban J connectivity index is 1.82. The Morgan fingerprint density at radius 3 is 2.89 bits per heavy atom. The minimum absolute atomic E-state index is 0.211. The number of aromatic nitrogens is 1. The molecule has 0 atom stereocenters. The third-order valence-electron chi connectivity index (χ3n) is 3.12. The number of aromatic amines is 1. The fourth-order valence-corrected chi connectivity index (χ4v) is 2.31. The van der Waals surface area contributed by atoms with Crippen molar-refractivity contribution in [2.24, 2.45) is 0 Å². The molecule has 3 nitrogen and oxygen atoms in total. The number of fused-ring (bicyclic) bond motifs is 1. The van der Waals surface area contributed by atoms with Crippen LogP contribution in [0.5, 0.6) is 5.75 Å². The maximum absolute atomic E-state index is 9.78. The maximum atomic E-state index is 9.78. The van der Waals surface area contributed by atoms with Crippen LogP contribution in [0.25, 0.3) is 10.9 Å². The first-order valence-corrected chi connectivity index (χ1v) is 6.39. The first-order chi connectivity index (χ1) is 9.24. The van der Waals surface area contributed by atoms with Crippen LogP contribution in [0.4, 0.5) is 5.69 Å². The molecule has 3 N–H and O–H groups in total. The maximum Gasteiger partial charge on any atom is 0.122 e. The number of nitrogens with one attached hydrogen (secondary N) is 2. The van der Waals surface area contributed by atoms with Gasteiger partial charge in [0.15, 0.2) is 0 Å². The summed E-state index contributed by atoms with van der Waals surface area (Å²) >= 11 is 6.07. The number of anilines is 1. The van der Waals surface area contributed by atoms with Crippen molar-refractivity contribution in [1.82, 2.24) is 4.98 Å². The van der Waals surface area contributed by atoms with Gasteiger partial charge in [-0.2, -0.15) is 0 Å². The second kappa shape index (κ2) is 4.86. The van der Waals surface area contributed by atoms with Crippen LogP contribution in [0.2, 0.25) is 5.02 Å². The van der Waals surface area contributed by atoms with E-state index in [-0.39, 0.29) is 5.75 Å². The summed E-state index contributed by atoms with van der Waals surface area (Å²) in [5, 5.41) is 14.8. The molecule has 0 saturated heterocycles. The number of halogens is 1. The largest absolute Gasteiger partial charge is 0.508 e. The molecular formula is C15H13ClN2O. The highest BCUT2D eigenvalue weighted by molar-refractivity contribution is 6.31. The molecule has 2 aromatic carbocycles. The van der Waals surface area contributed by atoms with Crippen molar-refractivity contribution in [3.63, 3.8) is 0 Å². The Hall–Kier alpha value is -2.13. The quantitative estimate of drug-likeness (QED) is 0.671. The van der Waals surface area contributed by atoms with Crippen molar-refractivity contribution < 1.29 is 5.11 Å². The van der Waals surface area contributed by atoms with Crippen LogP contribution < -0.4 is 5.32 Å². The second-order valence-corrected chi connectivity index (χ2v) is 4.78. The lowest BCUT2D eigenvalue weighted by molar-refractivity contribution is 0.469. The molecule has 96 valence electrons.